The predicted octanol–water partition coefficient (Wildman–Crippen LogP) is 3.69. The number of nitrogens with one attached hydrogen (secondary N) is 1. The van der Waals surface area contributed by atoms with Gasteiger partial charge < -0.3 is 9.73 Å². The average molecular weight is 410 g/mol. The lowest BCUT2D eigenvalue weighted by atomic mass is 10.1. The van der Waals surface area contributed by atoms with Crippen molar-refractivity contribution in [2.45, 2.75) is 38.9 Å². The van der Waals surface area contributed by atoms with Crippen molar-refractivity contribution in [2.75, 3.05) is 0 Å². The van der Waals surface area contributed by atoms with Crippen LogP contribution in [0.25, 0.3) is 0 Å². The first kappa shape index (κ1) is 20.0. The number of hydrogen-bond donors (Lipinski definition) is 1. The lowest BCUT2D eigenvalue weighted by Crippen LogP contribution is -2.23. The average Bonchev–Trinajstić information content (AvgIpc) is 3.26. The number of rotatable bonds is 7. The van der Waals surface area contributed by atoms with Crippen LogP contribution >= 0.6 is 11.3 Å². The number of hydrogen-bond acceptors (Lipinski definition) is 6. The van der Waals surface area contributed by atoms with Gasteiger partial charge in [-0.3, -0.25) is 4.79 Å². The van der Waals surface area contributed by atoms with Gasteiger partial charge in [-0.2, -0.15) is 13.2 Å². The van der Waals surface area contributed by atoms with Crippen LogP contribution in [0, 0.1) is 6.92 Å². The fraction of sp³-hybridized carbons (Fsp3) is 0.333. The molecule has 148 valence electrons. The van der Waals surface area contributed by atoms with Crippen molar-refractivity contribution in [1.29, 1.82) is 0 Å². The highest BCUT2D eigenvalue weighted by Crippen LogP contribution is 2.29. The Hall–Kier alpha value is -2.75. The fourth-order valence-corrected chi connectivity index (χ4v) is 3.17. The molecule has 0 aliphatic heterocycles. The number of halogens is 3. The van der Waals surface area contributed by atoms with Crippen molar-refractivity contribution in [1.82, 2.24) is 20.5 Å². The van der Waals surface area contributed by atoms with E-state index < -0.39 is 11.7 Å². The van der Waals surface area contributed by atoms with E-state index in [2.05, 4.69) is 20.5 Å². The summed E-state index contributed by atoms with van der Waals surface area (Å²) in [6.07, 6.45) is -3.90. The number of aromatic nitrogens is 3. The summed E-state index contributed by atoms with van der Waals surface area (Å²) < 4.78 is 43.7. The molecule has 0 fully saturated rings. The van der Waals surface area contributed by atoms with E-state index in [1.54, 1.807) is 6.07 Å². The molecular weight excluding hydrogens is 393 g/mol. The first-order valence-electron chi connectivity index (χ1n) is 8.44. The Labute approximate surface area is 162 Å². The van der Waals surface area contributed by atoms with Gasteiger partial charge in [0.25, 0.3) is 0 Å². The first-order valence-corrected chi connectivity index (χ1v) is 9.32. The molecule has 0 aliphatic rings. The number of carbonyl (C=O) groups is 1. The highest BCUT2D eigenvalue weighted by molar-refractivity contribution is 7.09. The summed E-state index contributed by atoms with van der Waals surface area (Å²) in [5.41, 5.74) is 0.603. The van der Waals surface area contributed by atoms with Crippen molar-refractivity contribution in [3.05, 3.63) is 63.3 Å². The van der Waals surface area contributed by atoms with Crippen LogP contribution < -0.4 is 5.32 Å². The van der Waals surface area contributed by atoms with E-state index in [9.17, 15) is 18.0 Å². The minimum atomic E-state index is -4.40. The molecule has 0 saturated heterocycles. The van der Waals surface area contributed by atoms with Crippen molar-refractivity contribution < 1.29 is 22.4 Å². The SMILES string of the molecule is Cc1csc(CNC(=O)CCc2nnc(Cc3cccc(C(F)(F)F)c3)o2)n1. The summed E-state index contributed by atoms with van der Waals surface area (Å²) in [7, 11) is 0. The maximum atomic E-state index is 12.8. The first-order chi connectivity index (χ1) is 13.3. The number of nitrogens with zero attached hydrogens (tertiary/aromatic N) is 3. The zero-order valence-corrected chi connectivity index (χ0v) is 15.7. The molecule has 0 unspecified atom stereocenters. The maximum absolute atomic E-state index is 12.8. The third-order valence-corrected chi connectivity index (χ3v) is 4.75. The van der Waals surface area contributed by atoms with Crippen molar-refractivity contribution in [3.8, 4) is 0 Å². The van der Waals surface area contributed by atoms with Crippen LogP contribution in [0.5, 0.6) is 0 Å². The predicted molar refractivity (Wildman–Crippen MR) is 95.6 cm³/mol. The van der Waals surface area contributed by atoms with Crippen LogP contribution in [0.1, 0.15) is 40.0 Å². The van der Waals surface area contributed by atoms with Crippen LogP contribution in [-0.2, 0) is 30.4 Å². The number of alkyl halides is 3. The third-order valence-electron chi connectivity index (χ3n) is 3.79. The molecular formula is C18H17F3N4O2S. The monoisotopic (exact) mass is 410 g/mol. The summed E-state index contributed by atoms with van der Waals surface area (Å²) in [5, 5.41) is 13.2. The third kappa shape index (κ3) is 5.62. The second kappa shape index (κ2) is 8.51. The fourth-order valence-electron chi connectivity index (χ4n) is 2.46. The Kier molecular flexibility index (Phi) is 6.08. The molecule has 3 rings (SSSR count). The van der Waals surface area contributed by atoms with Gasteiger partial charge in [0, 0.05) is 23.9 Å². The highest BCUT2D eigenvalue weighted by atomic mass is 32.1. The van der Waals surface area contributed by atoms with Crippen LogP contribution in [0.4, 0.5) is 13.2 Å². The summed E-state index contributed by atoms with van der Waals surface area (Å²) in [6, 6.07) is 4.96. The van der Waals surface area contributed by atoms with Crippen molar-refractivity contribution >= 4 is 17.2 Å². The quantitative estimate of drug-likeness (QED) is 0.643. The zero-order chi connectivity index (χ0) is 20.1. The van der Waals surface area contributed by atoms with E-state index in [1.165, 1.54) is 17.4 Å². The molecule has 0 atom stereocenters. The lowest BCUT2D eigenvalue weighted by Gasteiger charge is -2.07. The van der Waals surface area contributed by atoms with E-state index in [-0.39, 0.29) is 37.0 Å². The molecule has 2 aromatic heterocycles. The Morgan fingerprint density at radius 3 is 2.75 bits per heavy atom. The minimum Gasteiger partial charge on any atom is -0.425 e. The lowest BCUT2D eigenvalue weighted by molar-refractivity contribution is -0.137. The summed E-state index contributed by atoms with van der Waals surface area (Å²) in [4.78, 5) is 16.2. The van der Waals surface area contributed by atoms with Crippen molar-refractivity contribution in [2.24, 2.45) is 0 Å². The summed E-state index contributed by atoms with van der Waals surface area (Å²) in [5.74, 6) is 0.292. The smallest absolute Gasteiger partial charge is 0.416 e. The van der Waals surface area contributed by atoms with Gasteiger partial charge in [-0.05, 0) is 18.6 Å². The number of aryl methyl sites for hydroxylation is 2. The standard InChI is InChI=1S/C18H17F3N4O2S/c1-11-10-28-17(23-11)9-22-14(26)5-6-15-24-25-16(27-15)8-12-3-2-4-13(7-12)18(19,20)21/h2-4,7,10H,5-6,8-9H2,1H3,(H,22,26). The van der Waals surface area contributed by atoms with Crippen LogP contribution in [0.15, 0.2) is 34.1 Å². The highest BCUT2D eigenvalue weighted by Gasteiger charge is 2.30. The molecule has 10 heteroatoms. The largest absolute Gasteiger partial charge is 0.425 e. The second-order valence-corrected chi connectivity index (χ2v) is 7.07. The number of amides is 1. The molecule has 0 spiro atoms. The molecule has 0 aliphatic carbocycles. The Bertz CT molecular complexity index is 952. The van der Waals surface area contributed by atoms with Gasteiger partial charge in [-0.1, -0.05) is 18.2 Å². The van der Waals surface area contributed by atoms with Gasteiger partial charge in [-0.15, -0.1) is 21.5 Å². The maximum Gasteiger partial charge on any atom is 0.416 e. The molecule has 0 radical (unpaired) electrons. The van der Waals surface area contributed by atoms with E-state index in [4.69, 9.17) is 4.42 Å². The second-order valence-electron chi connectivity index (χ2n) is 6.12. The number of thiazole rings is 1. The topological polar surface area (TPSA) is 80.9 Å². The van der Waals surface area contributed by atoms with E-state index in [0.717, 1.165) is 22.8 Å². The Morgan fingerprint density at radius 1 is 1.25 bits per heavy atom. The molecule has 6 nitrogen and oxygen atoms in total. The summed E-state index contributed by atoms with van der Waals surface area (Å²) >= 11 is 1.48. The van der Waals surface area contributed by atoms with Gasteiger partial charge in [0.1, 0.15) is 5.01 Å². The molecule has 1 aromatic carbocycles. The molecule has 3 aromatic rings. The van der Waals surface area contributed by atoms with Gasteiger partial charge in [-0.25, -0.2) is 4.98 Å². The molecule has 2 heterocycles. The minimum absolute atomic E-state index is 0.0898. The number of carbonyl (C=O) groups excluding carboxylic acids is 1. The van der Waals surface area contributed by atoms with Crippen molar-refractivity contribution in [3.63, 3.8) is 0 Å². The zero-order valence-electron chi connectivity index (χ0n) is 14.9. The van der Waals surface area contributed by atoms with Crippen LogP contribution in [0.2, 0.25) is 0 Å². The summed E-state index contributed by atoms with van der Waals surface area (Å²) in [6.45, 7) is 2.25. The molecule has 1 N–H and O–H groups in total. The van der Waals surface area contributed by atoms with Gasteiger partial charge in [0.05, 0.1) is 18.5 Å². The van der Waals surface area contributed by atoms with E-state index in [1.807, 2.05) is 12.3 Å². The van der Waals surface area contributed by atoms with Crippen LogP contribution in [0.3, 0.4) is 0 Å². The van der Waals surface area contributed by atoms with E-state index in [0.29, 0.717) is 12.1 Å². The molecule has 0 bridgehead atoms. The molecule has 28 heavy (non-hydrogen) atoms. The van der Waals surface area contributed by atoms with Gasteiger partial charge in [0.2, 0.25) is 17.7 Å². The van der Waals surface area contributed by atoms with E-state index >= 15 is 0 Å². The van der Waals surface area contributed by atoms with Gasteiger partial charge >= 0.3 is 6.18 Å². The normalized spacial score (nSPS) is 11.6. The van der Waals surface area contributed by atoms with Gasteiger partial charge in [0.15, 0.2) is 0 Å². The molecule has 0 saturated carbocycles. The Morgan fingerprint density at radius 2 is 2.04 bits per heavy atom. The molecule has 1 amide bonds. The number of benzene rings is 1. The Balaban J connectivity index is 1.49. The van der Waals surface area contributed by atoms with Crippen LogP contribution in [-0.4, -0.2) is 21.1 Å².